The molecule has 2 N–H and O–H groups in total. The number of alkyl halides is 3. The molecule has 0 spiro atoms. The van der Waals surface area contributed by atoms with Crippen molar-refractivity contribution in [2.75, 3.05) is 19.6 Å². The number of rotatable bonds is 6. The lowest BCUT2D eigenvalue weighted by Crippen LogP contribution is -2.38. The van der Waals surface area contributed by atoms with Crippen molar-refractivity contribution >= 4 is 41.3 Å². The molecule has 122 valence electrons. The minimum absolute atomic E-state index is 0. The number of guanidine groups is 1. The zero-order valence-corrected chi connectivity index (χ0v) is 15.1. The lowest BCUT2D eigenvalue weighted by Gasteiger charge is -2.11. The number of hydrogen-bond donors (Lipinski definition) is 2. The maximum Gasteiger partial charge on any atom is 0.390 e. The van der Waals surface area contributed by atoms with E-state index in [0.29, 0.717) is 25.5 Å². The smallest absolute Gasteiger partial charge is 0.357 e. The van der Waals surface area contributed by atoms with E-state index in [4.69, 9.17) is 0 Å². The molecule has 1 rings (SSSR count). The van der Waals surface area contributed by atoms with Crippen LogP contribution < -0.4 is 10.6 Å². The largest absolute Gasteiger partial charge is 0.390 e. The molecular formula is C12H20F3IN4S. The maximum absolute atomic E-state index is 12.1. The molecule has 9 heteroatoms. The van der Waals surface area contributed by atoms with Gasteiger partial charge in [0.1, 0.15) is 0 Å². The maximum atomic E-state index is 12.1. The van der Waals surface area contributed by atoms with E-state index in [1.165, 1.54) is 0 Å². The van der Waals surface area contributed by atoms with Crippen LogP contribution in [0.25, 0.3) is 0 Å². The van der Waals surface area contributed by atoms with Crippen LogP contribution in [0.3, 0.4) is 0 Å². The van der Waals surface area contributed by atoms with E-state index in [1.807, 2.05) is 19.2 Å². The molecule has 0 radical (unpaired) electrons. The van der Waals surface area contributed by atoms with Gasteiger partial charge in [0.25, 0.3) is 0 Å². The molecule has 0 saturated heterocycles. The normalized spacial score (nSPS) is 12.0. The Kier molecular flexibility index (Phi) is 9.92. The highest BCUT2D eigenvalue weighted by Gasteiger charge is 2.26. The van der Waals surface area contributed by atoms with Crippen molar-refractivity contribution in [1.82, 2.24) is 15.6 Å². The summed E-state index contributed by atoms with van der Waals surface area (Å²) in [5.41, 5.74) is 0.978. The Labute approximate surface area is 143 Å². The number of nitrogens with one attached hydrogen (secondary N) is 2. The molecule has 1 aromatic rings. The molecule has 0 amide bonds. The van der Waals surface area contributed by atoms with E-state index in [9.17, 15) is 13.2 Å². The van der Waals surface area contributed by atoms with Gasteiger partial charge in [-0.2, -0.15) is 13.2 Å². The quantitative estimate of drug-likeness (QED) is 0.410. The fourth-order valence-corrected chi connectivity index (χ4v) is 2.12. The first kappa shape index (κ1) is 20.4. The second-order valence-electron chi connectivity index (χ2n) is 4.16. The van der Waals surface area contributed by atoms with Gasteiger partial charge in [-0.15, -0.1) is 35.3 Å². The lowest BCUT2D eigenvalue weighted by molar-refractivity contribution is -0.132. The minimum atomic E-state index is -4.17. The van der Waals surface area contributed by atoms with Gasteiger partial charge in [-0.05, 0) is 13.8 Å². The van der Waals surface area contributed by atoms with Crippen LogP contribution in [0.5, 0.6) is 0 Å². The van der Waals surface area contributed by atoms with E-state index in [1.54, 1.807) is 11.3 Å². The van der Waals surface area contributed by atoms with Crippen molar-refractivity contribution in [3.05, 3.63) is 16.1 Å². The molecule has 0 aromatic carbocycles. The van der Waals surface area contributed by atoms with Crippen LogP contribution in [0.4, 0.5) is 13.2 Å². The summed E-state index contributed by atoms with van der Waals surface area (Å²) < 4.78 is 36.2. The highest BCUT2D eigenvalue weighted by Crippen LogP contribution is 2.18. The van der Waals surface area contributed by atoms with Crippen LogP contribution >= 0.6 is 35.3 Å². The Morgan fingerprint density at radius 1 is 1.38 bits per heavy atom. The molecule has 0 atom stereocenters. The second kappa shape index (κ2) is 10.2. The van der Waals surface area contributed by atoms with Crippen molar-refractivity contribution in [2.24, 2.45) is 4.99 Å². The van der Waals surface area contributed by atoms with Gasteiger partial charge in [0.15, 0.2) is 5.96 Å². The van der Waals surface area contributed by atoms with E-state index in [-0.39, 0.29) is 30.5 Å². The van der Waals surface area contributed by atoms with Crippen molar-refractivity contribution in [1.29, 1.82) is 0 Å². The summed E-state index contributed by atoms with van der Waals surface area (Å²) in [6.45, 7) is 4.72. The number of halogens is 4. The first-order valence-corrected chi connectivity index (χ1v) is 7.28. The van der Waals surface area contributed by atoms with Crippen LogP contribution in [0.2, 0.25) is 0 Å². The van der Waals surface area contributed by atoms with E-state index < -0.39 is 12.6 Å². The Morgan fingerprint density at radius 2 is 2.10 bits per heavy atom. The first-order valence-electron chi connectivity index (χ1n) is 6.40. The predicted octanol–water partition coefficient (Wildman–Crippen LogP) is 3.12. The molecule has 21 heavy (non-hydrogen) atoms. The summed E-state index contributed by atoms with van der Waals surface area (Å²) >= 11 is 1.58. The minimum Gasteiger partial charge on any atom is -0.357 e. The number of aliphatic imine (C=N–C) groups is 1. The summed E-state index contributed by atoms with van der Waals surface area (Å²) in [6.07, 6.45) is -4.36. The van der Waals surface area contributed by atoms with Crippen LogP contribution in [-0.2, 0) is 6.42 Å². The van der Waals surface area contributed by atoms with E-state index >= 15 is 0 Å². The molecule has 0 saturated carbocycles. The van der Waals surface area contributed by atoms with Gasteiger partial charge in [-0.25, -0.2) is 4.98 Å². The van der Waals surface area contributed by atoms with Crippen LogP contribution in [0.15, 0.2) is 10.4 Å². The molecule has 0 aliphatic rings. The lowest BCUT2D eigenvalue weighted by atomic mass is 10.3. The van der Waals surface area contributed by atoms with Gasteiger partial charge < -0.3 is 10.6 Å². The molecule has 4 nitrogen and oxygen atoms in total. The Hall–Kier alpha value is -0.580. The van der Waals surface area contributed by atoms with Crippen molar-refractivity contribution in [3.8, 4) is 0 Å². The third-order valence-corrected chi connectivity index (χ3v) is 3.17. The van der Waals surface area contributed by atoms with Crippen molar-refractivity contribution in [2.45, 2.75) is 32.9 Å². The molecule has 0 aliphatic carbocycles. The number of aromatic nitrogens is 1. The summed E-state index contributed by atoms with van der Waals surface area (Å²) in [4.78, 5) is 8.21. The van der Waals surface area contributed by atoms with Gasteiger partial charge in [-0.1, -0.05) is 0 Å². The van der Waals surface area contributed by atoms with Crippen molar-refractivity contribution in [3.63, 3.8) is 0 Å². The van der Waals surface area contributed by atoms with Gasteiger partial charge in [-0.3, -0.25) is 4.99 Å². The van der Waals surface area contributed by atoms with Gasteiger partial charge >= 0.3 is 6.18 Å². The van der Waals surface area contributed by atoms with Gasteiger partial charge in [0, 0.05) is 24.9 Å². The van der Waals surface area contributed by atoms with Crippen molar-refractivity contribution < 1.29 is 13.2 Å². The van der Waals surface area contributed by atoms with E-state index in [2.05, 4.69) is 20.6 Å². The number of nitrogens with zero attached hydrogens (tertiary/aromatic N) is 2. The van der Waals surface area contributed by atoms with Gasteiger partial charge in [0.2, 0.25) is 0 Å². The number of hydrogen-bond acceptors (Lipinski definition) is 3. The third kappa shape index (κ3) is 9.88. The zero-order chi connectivity index (χ0) is 15.0. The monoisotopic (exact) mass is 436 g/mol. The molecule has 0 bridgehead atoms. The number of thiazole rings is 1. The Bertz CT molecular complexity index is 434. The fraction of sp³-hybridized carbons (Fsp3) is 0.667. The average Bonchev–Trinajstić information content (AvgIpc) is 2.73. The molecule has 1 heterocycles. The average molecular weight is 436 g/mol. The summed E-state index contributed by atoms with van der Waals surface area (Å²) in [6, 6.07) is 0. The van der Waals surface area contributed by atoms with Gasteiger partial charge in [0.05, 0.1) is 23.7 Å². The summed E-state index contributed by atoms with van der Waals surface area (Å²) in [5, 5.41) is 8.90. The zero-order valence-electron chi connectivity index (χ0n) is 12.0. The molecule has 0 unspecified atom stereocenters. The predicted molar refractivity (Wildman–Crippen MR) is 90.6 cm³/mol. The highest BCUT2D eigenvalue weighted by atomic mass is 127. The first-order chi connectivity index (χ1) is 9.40. The van der Waals surface area contributed by atoms with Crippen LogP contribution in [0, 0.1) is 6.92 Å². The molecule has 0 fully saturated rings. The van der Waals surface area contributed by atoms with Crippen LogP contribution in [0.1, 0.15) is 24.0 Å². The van der Waals surface area contributed by atoms with E-state index in [0.717, 1.165) is 10.7 Å². The molecular weight excluding hydrogens is 416 g/mol. The van der Waals surface area contributed by atoms with Crippen LogP contribution in [-0.4, -0.2) is 36.8 Å². The summed E-state index contributed by atoms with van der Waals surface area (Å²) in [7, 11) is 0. The topological polar surface area (TPSA) is 49.3 Å². The second-order valence-corrected chi connectivity index (χ2v) is 5.22. The standard InChI is InChI=1S/C12H19F3N4S.HI/c1-3-16-11(18-7-5-12(13,14)15)17-6-4-10-8-20-9(2)19-10;/h8H,3-7H2,1-2H3,(H2,16,17,18);1H. The Balaban J connectivity index is 0.00000400. The summed E-state index contributed by atoms with van der Waals surface area (Å²) in [5.74, 6) is 0.406. The third-order valence-electron chi connectivity index (χ3n) is 2.35. The highest BCUT2D eigenvalue weighted by molar-refractivity contribution is 14.0. The fourth-order valence-electron chi connectivity index (χ4n) is 1.47. The SMILES string of the molecule is CCNC(=NCCC(F)(F)F)NCCc1csc(C)n1.I. The molecule has 1 aromatic heterocycles. The number of aryl methyl sites for hydroxylation is 1. The molecule has 0 aliphatic heterocycles. The Morgan fingerprint density at radius 3 is 2.62 bits per heavy atom.